The highest BCUT2D eigenvalue weighted by Gasteiger charge is 2.16. The maximum atomic E-state index is 9.32. The molecular weight excluding hydrogens is 262 g/mol. The van der Waals surface area contributed by atoms with E-state index in [4.69, 9.17) is 4.74 Å². The Morgan fingerprint density at radius 3 is 3.05 bits per heavy atom. The first-order valence-corrected chi connectivity index (χ1v) is 7.08. The van der Waals surface area contributed by atoms with Crippen LogP contribution in [0.25, 0.3) is 0 Å². The Morgan fingerprint density at radius 1 is 1.33 bits per heavy atom. The van der Waals surface area contributed by atoms with E-state index >= 15 is 0 Å². The van der Waals surface area contributed by atoms with Crippen LogP contribution >= 0.6 is 0 Å². The van der Waals surface area contributed by atoms with Crippen LogP contribution < -0.4 is 5.32 Å². The third-order valence-electron chi connectivity index (χ3n) is 3.67. The summed E-state index contributed by atoms with van der Waals surface area (Å²) in [6, 6.07) is 12.2. The van der Waals surface area contributed by atoms with Crippen LogP contribution in [0.3, 0.4) is 0 Å². The minimum absolute atomic E-state index is 0.568. The average molecular weight is 279 g/mol. The van der Waals surface area contributed by atoms with Crippen LogP contribution in [0.5, 0.6) is 0 Å². The molecule has 0 amide bonds. The smallest absolute Gasteiger partial charge is 0.148 e. The van der Waals surface area contributed by atoms with E-state index in [-0.39, 0.29) is 0 Å². The minimum Gasteiger partial charge on any atom is -0.380 e. The zero-order valence-corrected chi connectivity index (χ0v) is 12.0. The van der Waals surface area contributed by atoms with Crippen LogP contribution in [0.2, 0.25) is 0 Å². The fourth-order valence-electron chi connectivity index (χ4n) is 2.69. The van der Waals surface area contributed by atoms with Crippen molar-refractivity contribution in [1.29, 1.82) is 5.26 Å². The van der Waals surface area contributed by atoms with Gasteiger partial charge in [-0.3, -0.25) is 0 Å². The Bertz CT molecular complexity index is 704. The molecule has 1 aliphatic carbocycles. The van der Waals surface area contributed by atoms with Gasteiger partial charge < -0.3 is 10.1 Å². The third kappa shape index (κ3) is 2.88. The molecule has 4 heteroatoms. The molecule has 3 rings (SSSR count). The molecule has 1 N–H and O–H groups in total. The molecule has 1 aromatic carbocycles. The summed E-state index contributed by atoms with van der Waals surface area (Å²) in [5.74, 6) is 0.646. The topological polar surface area (TPSA) is 57.9 Å². The number of pyridine rings is 1. The maximum absolute atomic E-state index is 9.32. The van der Waals surface area contributed by atoms with Gasteiger partial charge in [0.25, 0.3) is 0 Å². The number of aryl methyl sites for hydroxylation is 2. The summed E-state index contributed by atoms with van der Waals surface area (Å²) < 4.78 is 5.14. The lowest BCUT2D eigenvalue weighted by Gasteiger charge is -2.11. The second-order valence-corrected chi connectivity index (χ2v) is 5.21. The van der Waals surface area contributed by atoms with Crippen molar-refractivity contribution in [2.45, 2.75) is 25.9 Å². The van der Waals surface area contributed by atoms with Gasteiger partial charge in [-0.05, 0) is 48.6 Å². The molecule has 2 aromatic rings. The average Bonchev–Trinajstić information content (AvgIpc) is 2.94. The van der Waals surface area contributed by atoms with Crippen LogP contribution in [0.4, 0.5) is 11.5 Å². The summed E-state index contributed by atoms with van der Waals surface area (Å²) in [6.07, 6.45) is 3.15. The van der Waals surface area contributed by atoms with Crippen LogP contribution in [-0.2, 0) is 24.2 Å². The Hall–Kier alpha value is -2.38. The number of nitriles is 1. The molecule has 0 radical (unpaired) electrons. The number of rotatable bonds is 4. The largest absolute Gasteiger partial charge is 0.380 e. The highest BCUT2D eigenvalue weighted by atomic mass is 16.5. The molecule has 0 aliphatic heterocycles. The Kier molecular flexibility index (Phi) is 3.85. The van der Waals surface area contributed by atoms with Gasteiger partial charge in [-0.1, -0.05) is 12.1 Å². The summed E-state index contributed by atoms with van der Waals surface area (Å²) >= 11 is 0. The summed E-state index contributed by atoms with van der Waals surface area (Å²) in [5, 5.41) is 12.6. The molecule has 4 nitrogen and oxygen atoms in total. The number of fused-ring (bicyclic) bond motifs is 1. The molecule has 0 unspecified atom stereocenters. The normalized spacial score (nSPS) is 12.8. The van der Waals surface area contributed by atoms with E-state index in [0.29, 0.717) is 18.0 Å². The molecule has 1 aliphatic rings. The van der Waals surface area contributed by atoms with Gasteiger partial charge in [0.05, 0.1) is 12.2 Å². The van der Waals surface area contributed by atoms with Crippen molar-refractivity contribution >= 4 is 11.5 Å². The van der Waals surface area contributed by atoms with Crippen molar-refractivity contribution in [2.24, 2.45) is 0 Å². The third-order valence-corrected chi connectivity index (χ3v) is 3.67. The molecule has 0 spiro atoms. The van der Waals surface area contributed by atoms with E-state index in [1.807, 2.05) is 30.3 Å². The van der Waals surface area contributed by atoms with Gasteiger partial charge in [0.1, 0.15) is 11.9 Å². The van der Waals surface area contributed by atoms with Crippen LogP contribution in [0, 0.1) is 11.3 Å². The molecule has 1 heterocycles. The van der Waals surface area contributed by atoms with Gasteiger partial charge in [0.2, 0.25) is 0 Å². The molecule has 0 saturated heterocycles. The van der Waals surface area contributed by atoms with Crippen LogP contribution in [0.15, 0.2) is 30.3 Å². The zero-order valence-electron chi connectivity index (χ0n) is 12.0. The van der Waals surface area contributed by atoms with Gasteiger partial charge >= 0.3 is 0 Å². The maximum Gasteiger partial charge on any atom is 0.148 e. The lowest BCUT2D eigenvalue weighted by atomic mass is 10.1. The van der Waals surface area contributed by atoms with Crippen LogP contribution in [0.1, 0.15) is 28.8 Å². The number of hydrogen-bond donors (Lipinski definition) is 1. The van der Waals surface area contributed by atoms with E-state index in [1.54, 1.807) is 7.11 Å². The first kappa shape index (κ1) is 13.6. The molecule has 0 saturated carbocycles. The number of nitrogens with zero attached hydrogens (tertiary/aromatic N) is 2. The van der Waals surface area contributed by atoms with Crippen molar-refractivity contribution in [2.75, 3.05) is 12.4 Å². The van der Waals surface area contributed by atoms with Crippen molar-refractivity contribution in [3.05, 3.63) is 52.7 Å². The SMILES string of the molecule is COCc1cccc(Nc2nc3c(cc2C#N)CCC3)c1. The predicted molar refractivity (Wildman–Crippen MR) is 81.4 cm³/mol. The molecule has 0 atom stereocenters. The molecule has 0 fully saturated rings. The zero-order chi connectivity index (χ0) is 14.7. The second-order valence-electron chi connectivity index (χ2n) is 5.21. The number of anilines is 2. The second kappa shape index (κ2) is 5.94. The molecule has 106 valence electrons. The van der Waals surface area contributed by atoms with Crippen molar-refractivity contribution in [3.8, 4) is 6.07 Å². The van der Waals surface area contributed by atoms with E-state index in [1.165, 1.54) is 5.56 Å². The van der Waals surface area contributed by atoms with Crippen LogP contribution in [-0.4, -0.2) is 12.1 Å². The monoisotopic (exact) mass is 279 g/mol. The Balaban J connectivity index is 1.91. The number of aromatic nitrogens is 1. The highest BCUT2D eigenvalue weighted by molar-refractivity contribution is 5.64. The van der Waals surface area contributed by atoms with E-state index in [9.17, 15) is 5.26 Å². The van der Waals surface area contributed by atoms with Gasteiger partial charge in [-0.15, -0.1) is 0 Å². The lowest BCUT2D eigenvalue weighted by molar-refractivity contribution is 0.185. The molecular formula is C17H17N3O. The van der Waals surface area contributed by atoms with Gasteiger partial charge in [0.15, 0.2) is 0 Å². The van der Waals surface area contributed by atoms with Gasteiger partial charge in [0, 0.05) is 18.5 Å². The fourth-order valence-corrected chi connectivity index (χ4v) is 2.69. The number of nitrogens with one attached hydrogen (secondary N) is 1. The van der Waals surface area contributed by atoms with Crippen molar-refractivity contribution in [1.82, 2.24) is 4.98 Å². The van der Waals surface area contributed by atoms with Crippen molar-refractivity contribution in [3.63, 3.8) is 0 Å². The first-order chi connectivity index (χ1) is 10.3. The van der Waals surface area contributed by atoms with E-state index in [0.717, 1.165) is 36.2 Å². The Morgan fingerprint density at radius 2 is 2.24 bits per heavy atom. The summed E-state index contributed by atoms with van der Waals surface area (Å²) in [6.45, 7) is 0.568. The first-order valence-electron chi connectivity index (χ1n) is 7.08. The standard InChI is InChI=1S/C17H17N3O/c1-21-11-12-4-2-6-15(8-12)19-17-14(10-18)9-13-5-3-7-16(13)20-17/h2,4,6,8-9H,3,5,7,11H2,1H3,(H,19,20). The van der Waals surface area contributed by atoms with E-state index < -0.39 is 0 Å². The lowest BCUT2D eigenvalue weighted by Crippen LogP contribution is -2.01. The fraction of sp³-hybridized carbons (Fsp3) is 0.294. The predicted octanol–water partition coefficient (Wildman–Crippen LogP) is 3.33. The minimum atomic E-state index is 0.568. The molecule has 0 bridgehead atoms. The molecule has 1 aromatic heterocycles. The number of hydrogen-bond acceptors (Lipinski definition) is 4. The number of benzene rings is 1. The molecule has 21 heavy (non-hydrogen) atoms. The summed E-state index contributed by atoms with van der Waals surface area (Å²) in [4.78, 5) is 4.63. The summed E-state index contributed by atoms with van der Waals surface area (Å²) in [7, 11) is 1.68. The Labute approximate surface area is 124 Å². The van der Waals surface area contributed by atoms with Crippen molar-refractivity contribution < 1.29 is 4.74 Å². The van der Waals surface area contributed by atoms with Gasteiger partial charge in [-0.25, -0.2) is 4.98 Å². The van der Waals surface area contributed by atoms with Gasteiger partial charge in [-0.2, -0.15) is 5.26 Å². The quantitative estimate of drug-likeness (QED) is 0.932. The summed E-state index contributed by atoms with van der Waals surface area (Å²) in [5.41, 5.74) is 4.94. The number of ether oxygens (including phenoxy) is 1. The highest BCUT2D eigenvalue weighted by Crippen LogP contribution is 2.27. The van der Waals surface area contributed by atoms with E-state index in [2.05, 4.69) is 16.4 Å². The number of methoxy groups -OCH3 is 1.